The maximum Gasteiger partial charge on any atom is 0.253 e. The topological polar surface area (TPSA) is 44.8 Å². The third kappa shape index (κ3) is 2.89. The molecule has 3 rings (SSSR count). The maximum atomic E-state index is 12.8. The molecule has 0 bridgehead atoms. The molecule has 1 amide bonds. The summed E-state index contributed by atoms with van der Waals surface area (Å²) in [7, 11) is 2.09. The quantitative estimate of drug-likeness (QED) is 0.832. The Morgan fingerprint density at radius 2 is 2.19 bits per heavy atom. The highest BCUT2D eigenvalue weighted by Crippen LogP contribution is 2.26. The summed E-state index contributed by atoms with van der Waals surface area (Å²) < 4.78 is 5.63. The van der Waals surface area contributed by atoms with E-state index in [0.717, 1.165) is 13.1 Å². The molecule has 2 aliphatic heterocycles. The third-order valence-corrected chi connectivity index (χ3v) is 4.30. The van der Waals surface area contributed by atoms with Crippen molar-refractivity contribution in [3.63, 3.8) is 0 Å². The average molecular weight is 289 g/mol. The lowest BCUT2D eigenvalue weighted by atomic mass is 10.1. The average Bonchev–Trinajstić information content (AvgIpc) is 2.64. The summed E-state index contributed by atoms with van der Waals surface area (Å²) in [6.45, 7) is 5.64. The second kappa shape index (κ2) is 6.03. The van der Waals surface area contributed by atoms with E-state index in [2.05, 4.69) is 36.3 Å². The number of carbonyl (C=O) groups is 1. The second-order valence-corrected chi connectivity index (χ2v) is 5.89. The number of rotatable bonds is 1. The number of hydrogen-bond acceptors (Lipinski definition) is 4. The van der Waals surface area contributed by atoms with Crippen LogP contribution in [0.2, 0.25) is 0 Å². The van der Waals surface area contributed by atoms with Gasteiger partial charge < -0.3 is 19.9 Å². The first-order chi connectivity index (χ1) is 10.2. The van der Waals surface area contributed by atoms with Crippen molar-refractivity contribution in [2.24, 2.45) is 0 Å². The van der Waals surface area contributed by atoms with Gasteiger partial charge in [-0.15, -0.1) is 0 Å². The van der Waals surface area contributed by atoms with Crippen LogP contribution in [0.4, 0.5) is 5.69 Å². The predicted octanol–water partition coefficient (Wildman–Crippen LogP) is 0.842. The van der Waals surface area contributed by atoms with Crippen molar-refractivity contribution in [2.45, 2.75) is 25.6 Å². The van der Waals surface area contributed by atoms with Crippen LogP contribution in [0.15, 0.2) is 24.3 Å². The second-order valence-electron chi connectivity index (χ2n) is 5.89. The number of benzene rings is 1. The molecule has 0 aliphatic carbocycles. The summed E-state index contributed by atoms with van der Waals surface area (Å²) in [6, 6.07) is 8.47. The van der Waals surface area contributed by atoms with Gasteiger partial charge >= 0.3 is 0 Å². The molecule has 0 aromatic heterocycles. The van der Waals surface area contributed by atoms with E-state index in [1.165, 1.54) is 11.3 Å². The fourth-order valence-electron chi connectivity index (χ4n) is 3.15. The zero-order valence-corrected chi connectivity index (χ0v) is 12.7. The van der Waals surface area contributed by atoms with Crippen LogP contribution in [0.3, 0.4) is 0 Å². The van der Waals surface area contributed by atoms with E-state index in [4.69, 9.17) is 4.74 Å². The molecule has 5 nitrogen and oxygen atoms in total. The zero-order valence-electron chi connectivity index (χ0n) is 12.7. The standard InChI is InChI=1S/C16H23N3O2/c1-12-10-18(2)14-6-4-3-5-13(14)11-19(12)16(20)15-9-17-7-8-21-15/h3-6,12,15,17H,7-11H2,1-2H3/t12-,15-/m1/s1. The Morgan fingerprint density at radius 1 is 1.38 bits per heavy atom. The van der Waals surface area contributed by atoms with E-state index in [0.29, 0.717) is 19.7 Å². The van der Waals surface area contributed by atoms with Gasteiger partial charge in [-0.05, 0) is 18.6 Å². The van der Waals surface area contributed by atoms with Gasteiger partial charge in [0.25, 0.3) is 5.91 Å². The predicted molar refractivity (Wildman–Crippen MR) is 82.3 cm³/mol. The highest BCUT2D eigenvalue weighted by Gasteiger charge is 2.32. The van der Waals surface area contributed by atoms with Crippen LogP contribution >= 0.6 is 0 Å². The minimum atomic E-state index is -0.350. The molecular weight excluding hydrogens is 266 g/mol. The molecule has 1 aromatic rings. The molecule has 1 saturated heterocycles. The van der Waals surface area contributed by atoms with Crippen LogP contribution in [-0.2, 0) is 16.1 Å². The van der Waals surface area contributed by atoms with Crippen molar-refractivity contribution in [3.05, 3.63) is 29.8 Å². The number of ether oxygens (including phenoxy) is 1. The van der Waals surface area contributed by atoms with E-state index in [1.807, 2.05) is 17.0 Å². The summed E-state index contributed by atoms with van der Waals surface area (Å²) in [5, 5.41) is 3.23. The van der Waals surface area contributed by atoms with E-state index in [9.17, 15) is 4.79 Å². The molecule has 0 unspecified atom stereocenters. The largest absolute Gasteiger partial charge is 0.372 e. The number of para-hydroxylation sites is 1. The fraction of sp³-hybridized carbons (Fsp3) is 0.562. The smallest absolute Gasteiger partial charge is 0.253 e. The Bertz CT molecular complexity index is 514. The fourth-order valence-corrected chi connectivity index (χ4v) is 3.15. The third-order valence-electron chi connectivity index (χ3n) is 4.30. The maximum absolute atomic E-state index is 12.8. The van der Waals surface area contributed by atoms with Gasteiger partial charge in [-0.3, -0.25) is 4.79 Å². The molecule has 2 aliphatic rings. The number of nitrogens with zero attached hydrogens (tertiary/aromatic N) is 2. The molecule has 21 heavy (non-hydrogen) atoms. The number of likely N-dealkylation sites (N-methyl/N-ethyl adjacent to an activating group) is 1. The van der Waals surface area contributed by atoms with Crippen molar-refractivity contribution >= 4 is 11.6 Å². The first-order valence-corrected chi connectivity index (χ1v) is 7.58. The molecular formula is C16H23N3O2. The van der Waals surface area contributed by atoms with Crippen molar-refractivity contribution < 1.29 is 9.53 Å². The van der Waals surface area contributed by atoms with E-state index < -0.39 is 0 Å². The Morgan fingerprint density at radius 3 is 2.95 bits per heavy atom. The van der Waals surface area contributed by atoms with Crippen LogP contribution in [0.1, 0.15) is 12.5 Å². The van der Waals surface area contributed by atoms with Gasteiger partial charge in [0.1, 0.15) is 6.10 Å². The summed E-state index contributed by atoms with van der Waals surface area (Å²) in [6.07, 6.45) is -0.350. The summed E-state index contributed by atoms with van der Waals surface area (Å²) in [4.78, 5) is 17.0. The number of carbonyl (C=O) groups excluding carboxylic acids is 1. The van der Waals surface area contributed by atoms with Gasteiger partial charge in [0.2, 0.25) is 0 Å². The van der Waals surface area contributed by atoms with E-state index in [1.54, 1.807) is 0 Å². The van der Waals surface area contributed by atoms with Crippen molar-refractivity contribution in [1.82, 2.24) is 10.2 Å². The molecule has 1 aromatic carbocycles. The van der Waals surface area contributed by atoms with Gasteiger partial charge in [0.15, 0.2) is 0 Å². The SMILES string of the molecule is C[C@@H]1CN(C)c2ccccc2CN1C(=O)[C@H]1CNCCO1. The number of anilines is 1. The van der Waals surface area contributed by atoms with Gasteiger partial charge in [0.05, 0.1) is 6.61 Å². The number of amides is 1. The molecule has 2 heterocycles. The molecule has 0 radical (unpaired) electrons. The van der Waals surface area contributed by atoms with E-state index in [-0.39, 0.29) is 18.1 Å². The summed E-state index contributed by atoms with van der Waals surface area (Å²) >= 11 is 0. The monoisotopic (exact) mass is 289 g/mol. The van der Waals surface area contributed by atoms with Crippen molar-refractivity contribution in [3.8, 4) is 0 Å². The lowest BCUT2D eigenvalue weighted by Crippen LogP contribution is -2.52. The normalized spacial score (nSPS) is 26.2. The van der Waals surface area contributed by atoms with Crippen LogP contribution < -0.4 is 10.2 Å². The molecule has 1 fully saturated rings. The Labute approximate surface area is 125 Å². The molecule has 1 N–H and O–H groups in total. The van der Waals surface area contributed by atoms with Crippen LogP contribution in [0.25, 0.3) is 0 Å². The molecule has 0 spiro atoms. The molecule has 5 heteroatoms. The van der Waals surface area contributed by atoms with Crippen LogP contribution in [-0.4, -0.2) is 56.2 Å². The minimum Gasteiger partial charge on any atom is -0.372 e. The van der Waals surface area contributed by atoms with Gasteiger partial charge in [0, 0.05) is 45.0 Å². The first-order valence-electron chi connectivity index (χ1n) is 7.58. The van der Waals surface area contributed by atoms with Crippen LogP contribution in [0, 0.1) is 0 Å². The van der Waals surface area contributed by atoms with E-state index >= 15 is 0 Å². The van der Waals surface area contributed by atoms with Crippen molar-refractivity contribution in [2.75, 3.05) is 38.2 Å². The highest BCUT2D eigenvalue weighted by atomic mass is 16.5. The van der Waals surface area contributed by atoms with Gasteiger partial charge in [-0.25, -0.2) is 0 Å². The Balaban J connectivity index is 1.83. The molecule has 2 atom stereocenters. The zero-order chi connectivity index (χ0) is 14.8. The minimum absolute atomic E-state index is 0.0970. The number of fused-ring (bicyclic) bond motifs is 1. The van der Waals surface area contributed by atoms with Crippen molar-refractivity contribution in [1.29, 1.82) is 0 Å². The first kappa shape index (κ1) is 14.4. The van der Waals surface area contributed by atoms with Crippen LogP contribution in [0.5, 0.6) is 0 Å². The Hall–Kier alpha value is -1.59. The Kier molecular flexibility index (Phi) is 4.12. The highest BCUT2D eigenvalue weighted by molar-refractivity contribution is 5.82. The lowest BCUT2D eigenvalue weighted by molar-refractivity contribution is -0.147. The molecule has 0 saturated carbocycles. The summed E-state index contributed by atoms with van der Waals surface area (Å²) in [5.74, 6) is 0.0970. The van der Waals surface area contributed by atoms with Gasteiger partial charge in [-0.2, -0.15) is 0 Å². The number of nitrogens with one attached hydrogen (secondary N) is 1. The lowest BCUT2D eigenvalue weighted by Gasteiger charge is -2.33. The number of morpholine rings is 1. The van der Waals surface area contributed by atoms with Gasteiger partial charge in [-0.1, -0.05) is 18.2 Å². The number of hydrogen-bond donors (Lipinski definition) is 1. The molecule has 114 valence electrons. The summed E-state index contributed by atoms with van der Waals surface area (Å²) in [5.41, 5.74) is 2.41.